The Morgan fingerprint density at radius 3 is 2.93 bits per heavy atom. The molecule has 3 rings (SSSR count). The van der Waals surface area contributed by atoms with Gasteiger partial charge >= 0.3 is 0 Å². The van der Waals surface area contributed by atoms with E-state index in [-0.39, 0.29) is 5.54 Å². The van der Waals surface area contributed by atoms with Gasteiger partial charge in [0.1, 0.15) is 0 Å². The van der Waals surface area contributed by atoms with E-state index in [1.165, 1.54) is 29.3 Å². The summed E-state index contributed by atoms with van der Waals surface area (Å²) in [7, 11) is 0. The van der Waals surface area contributed by atoms with Gasteiger partial charge in [-0.1, -0.05) is 12.1 Å². The van der Waals surface area contributed by atoms with Crippen molar-refractivity contribution in [3.63, 3.8) is 0 Å². The van der Waals surface area contributed by atoms with E-state index in [1.807, 2.05) is 6.20 Å². The predicted octanol–water partition coefficient (Wildman–Crippen LogP) is 2.59. The van der Waals surface area contributed by atoms with Crippen LogP contribution in [0.4, 0.5) is 0 Å². The number of fused-ring (bicyclic) bond motifs is 1. The summed E-state index contributed by atoms with van der Waals surface area (Å²) in [5.41, 5.74) is 8.92. The van der Waals surface area contributed by atoms with Crippen LogP contribution in [0, 0.1) is 0 Å². The number of aryl methyl sites for hydroxylation is 1. The highest BCUT2D eigenvalue weighted by atomic mass is 14.8. The molecule has 0 unspecified atom stereocenters. The van der Waals surface area contributed by atoms with Crippen LogP contribution in [-0.4, -0.2) is 10.5 Å². The first-order valence-corrected chi connectivity index (χ1v) is 5.61. The Kier molecular flexibility index (Phi) is 1.86. The number of aromatic nitrogens is 1. The van der Waals surface area contributed by atoms with Crippen LogP contribution in [0.3, 0.4) is 0 Å². The summed E-state index contributed by atoms with van der Waals surface area (Å²) in [6.07, 6.45) is 6.64. The lowest BCUT2D eigenvalue weighted by Crippen LogP contribution is -2.22. The molecule has 1 aromatic carbocycles. The minimum Gasteiger partial charge on any atom is -0.361 e. The van der Waals surface area contributed by atoms with Gasteiger partial charge < -0.3 is 10.7 Å². The summed E-state index contributed by atoms with van der Waals surface area (Å²) in [4.78, 5) is 3.24. The molecule has 15 heavy (non-hydrogen) atoms. The van der Waals surface area contributed by atoms with Crippen LogP contribution in [0.15, 0.2) is 30.5 Å². The number of nitrogens with two attached hydrogens (primary N) is 1. The van der Waals surface area contributed by atoms with Crippen molar-refractivity contribution in [2.24, 2.45) is 5.73 Å². The normalized spacial score (nSPS) is 18.2. The Bertz CT molecular complexity index is 480. The molecule has 78 valence electrons. The molecule has 0 saturated heterocycles. The zero-order valence-electron chi connectivity index (χ0n) is 8.79. The third-order valence-corrected chi connectivity index (χ3v) is 3.47. The van der Waals surface area contributed by atoms with E-state index in [9.17, 15) is 0 Å². The van der Waals surface area contributed by atoms with Crippen LogP contribution in [0.1, 0.15) is 24.8 Å². The Labute approximate surface area is 89.5 Å². The highest BCUT2D eigenvalue weighted by Crippen LogP contribution is 2.37. The van der Waals surface area contributed by atoms with Crippen molar-refractivity contribution in [2.75, 3.05) is 0 Å². The maximum Gasteiger partial charge on any atom is 0.0456 e. The second-order valence-electron chi connectivity index (χ2n) is 4.72. The second-order valence-corrected chi connectivity index (χ2v) is 4.72. The van der Waals surface area contributed by atoms with Crippen LogP contribution in [-0.2, 0) is 6.42 Å². The fourth-order valence-electron chi connectivity index (χ4n) is 2.16. The van der Waals surface area contributed by atoms with Crippen molar-refractivity contribution in [3.05, 3.63) is 36.0 Å². The number of hydrogen-bond donors (Lipinski definition) is 2. The molecule has 1 fully saturated rings. The van der Waals surface area contributed by atoms with Gasteiger partial charge in [0.05, 0.1) is 0 Å². The number of benzene rings is 1. The molecule has 0 bridgehead atoms. The van der Waals surface area contributed by atoms with Gasteiger partial charge in [0, 0.05) is 22.6 Å². The average Bonchev–Trinajstić information content (AvgIpc) is 2.80. The van der Waals surface area contributed by atoms with E-state index in [1.54, 1.807) is 0 Å². The van der Waals surface area contributed by atoms with Crippen LogP contribution in [0.25, 0.3) is 10.9 Å². The summed E-state index contributed by atoms with van der Waals surface area (Å²) >= 11 is 0. The molecule has 1 aliphatic rings. The molecule has 3 N–H and O–H groups in total. The minimum absolute atomic E-state index is 0.165. The summed E-state index contributed by atoms with van der Waals surface area (Å²) in [6.45, 7) is 0. The summed E-state index contributed by atoms with van der Waals surface area (Å²) in [6, 6.07) is 8.60. The van der Waals surface area contributed by atoms with Crippen molar-refractivity contribution in [1.82, 2.24) is 4.98 Å². The molecule has 0 radical (unpaired) electrons. The molecule has 1 heterocycles. The van der Waals surface area contributed by atoms with Crippen LogP contribution in [0.5, 0.6) is 0 Å². The molecule has 2 nitrogen and oxygen atoms in total. The number of nitrogens with one attached hydrogen (secondary N) is 1. The van der Waals surface area contributed by atoms with E-state index in [0.717, 1.165) is 12.8 Å². The number of aromatic amines is 1. The van der Waals surface area contributed by atoms with Crippen molar-refractivity contribution in [2.45, 2.75) is 31.2 Å². The molecular weight excluding hydrogens is 184 g/mol. The van der Waals surface area contributed by atoms with E-state index in [4.69, 9.17) is 5.73 Å². The molecule has 0 spiro atoms. The Balaban J connectivity index is 1.86. The van der Waals surface area contributed by atoms with E-state index < -0.39 is 0 Å². The number of hydrogen-bond acceptors (Lipinski definition) is 1. The minimum atomic E-state index is 0.165. The summed E-state index contributed by atoms with van der Waals surface area (Å²) in [5, 5.41) is 1.35. The molecule has 1 saturated carbocycles. The first-order valence-electron chi connectivity index (χ1n) is 5.61. The maximum absolute atomic E-state index is 6.11. The van der Waals surface area contributed by atoms with Gasteiger partial charge in [0.15, 0.2) is 0 Å². The third kappa shape index (κ3) is 1.65. The van der Waals surface area contributed by atoms with Gasteiger partial charge in [0.25, 0.3) is 0 Å². The monoisotopic (exact) mass is 200 g/mol. The van der Waals surface area contributed by atoms with Crippen molar-refractivity contribution in [1.29, 1.82) is 0 Å². The van der Waals surface area contributed by atoms with Crippen molar-refractivity contribution < 1.29 is 0 Å². The maximum atomic E-state index is 6.11. The average molecular weight is 200 g/mol. The van der Waals surface area contributed by atoms with Gasteiger partial charge in [-0.3, -0.25) is 0 Å². The number of H-pyrrole nitrogens is 1. The lowest BCUT2D eigenvalue weighted by Gasteiger charge is -2.08. The zero-order chi connectivity index (χ0) is 10.3. The highest BCUT2D eigenvalue weighted by molar-refractivity contribution is 5.82. The molecule has 1 aliphatic carbocycles. The summed E-state index contributed by atoms with van der Waals surface area (Å²) in [5.74, 6) is 0. The Hall–Kier alpha value is -1.28. The quantitative estimate of drug-likeness (QED) is 0.785. The van der Waals surface area contributed by atoms with Gasteiger partial charge in [-0.15, -0.1) is 0 Å². The van der Waals surface area contributed by atoms with E-state index in [2.05, 4.69) is 29.2 Å². The van der Waals surface area contributed by atoms with Crippen LogP contribution in [0.2, 0.25) is 0 Å². The fourth-order valence-corrected chi connectivity index (χ4v) is 2.16. The Morgan fingerprint density at radius 2 is 2.13 bits per heavy atom. The molecular formula is C13H16N2. The Morgan fingerprint density at radius 1 is 1.27 bits per heavy atom. The second kappa shape index (κ2) is 3.11. The van der Waals surface area contributed by atoms with Gasteiger partial charge in [-0.25, -0.2) is 0 Å². The van der Waals surface area contributed by atoms with Crippen LogP contribution < -0.4 is 5.73 Å². The first kappa shape index (κ1) is 8.98. The standard InChI is InChI=1S/C13H16N2/c14-13(7-8-13)6-4-10-2-1-3-12-11(10)5-9-15-12/h1-3,5,9,15H,4,6-8,14H2. The highest BCUT2D eigenvalue weighted by Gasteiger charge is 2.37. The zero-order valence-corrected chi connectivity index (χ0v) is 8.79. The molecule has 1 aromatic heterocycles. The first-order chi connectivity index (χ1) is 7.27. The van der Waals surface area contributed by atoms with Gasteiger partial charge in [-0.2, -0.15) is 0 Å². The lowest BCUT2D eigenvalue weighted by molar-refractivity contribution is 0.610. The summed E-state index contributed by atoms with van der Waals surface area (Å²) < 4.78 is 0. The molecule has 2 heteroatoms. The third-order valence-electron chi connectivity index (χ3n) is 3.47. The lowest BCUT2D eigenvalue weighted by atomic mass is 10.0. The molecule has 0 amide bonds. The van der Waals surface area contributed by atoms with Crippen molar-refractivity contribution in [3.8, 4) is 0 Å². The smallest absolute Gasteiger partial charge is 0.0456 e. The molecule has 2 aromatic rings. The van der Waals surface area contributed by atoms with E-state index in [0.29, 0.717) is 0 Å². The molecule has 0 atom stereocenters. The van der Waals surface area contributed by atoms with E-state index >= 15 is 0 Å². The fraction of sp³-hybridized carbons (Fsp3) is 0.385. The van der Waals surface area contributed by atoms with Crippen molar-refractivity contribution >= 4 is 10.9 Å². The topological polar surface area (TPSA) is 41.8 Å². The largest absolute Gasteiger partial charge is 0.361 e. The molecule has 0 aliphatic heterocycles. The number of rotatable bonds is 3. The van der Waals surface area contributed by atoms with Gasteiger partial charge in [0.2, 0.25) is 0 Å². The van der Waals surface area contributed by atoms with Gasteiger partial charge in [-0.05, 0) is 43.4 Å². The predicted molar refractivity (Wildman–Crippen MR) is 62.8 cm³/mol. The SMILES string of the molecule is NC1(CCc2cccc3[nH]ccc23)CC1. The van der Waals surface area contributed by atoms with Crippen LogP contribution >= 0.6 is 0 Å².